The van der Waals surface area contributed by atoms with Crippen LogP contribution in [-0.4, -0.2) is 80.1 Å². The maximum absolute atomic E-state index is 14.2. The van der Waals surface area contributed by atoms with Gasteiger partial charge in [0, 0.05) is 48.7 Å². The number of carbonyl (C=O) groups excluding carboxylic acids is 2. The zero-order valence-corrected chi connectivity index (χ0v) is 36.7. The third-order valence-electron chi connectivity index (χ3n) is 12.9. The molecule has 10 rings (SSSR count). The molecule has 2 aliphatic carbocycles. The average Bonchev–Trinajstić information content (AvgIpc) is 4.13. The van der Waals surface area contributed by atoms with Gasteiger partial charge >= 0.3 is 0 Å². The van der Waals surface area contributed by atoms with Crippen molar-refractivity contribution in [2.45, 2.75) is 77.3 Å². The number of benzene rings is 4. The maximum Gasteiger partial charge on any atom is 0.250 e. The monoisotopic (exact) mass is 862 g/mol. The van der Waals surface area contributed by atoms with Crippen molar-refractivity contribution in [3.05, 3.63) is 165 Å². The minimum atomic E-state index is -0.162. The first-order valence-corrected chi connectivity index (χ1v) is 22.0. The fraction of sp³-hybridized carbons (Fsp3) is 0.308. The van der Waals surface area contributed by atoms with E-state index in [9.17, 15) is 18.4 Å². The van der Waals surface area contributed by atoms with E-state index in [1.807, 2.05) is 106 Å². The van der Waals surface area contributed by atoms with E-state index in [0.29, 0.717) is 12.8 Å². The van der Waals surface area contributed by atoms with Crippen molar-refractivity contribution in [2.75, 3.05) is 27.3 Å². The first kappa shape index (κ1) is 42.5. The topological polar surface area (TPSA) is 94.7 Å². The lowest BCUT2D eigenvalue weighted by Gasteiger charge is -2.33. The highest BCUT2D eigenvalue weighted by Crippen LogP contribution is 2.35. The molecular weight excluding hydrogens is 811 g/mol. The number of piperidine rings is 2. The number of fused-ring (bicyclic) bond motifs is 2. The molecule has 6 aromatic rings. The lowest BCUT2D eigenvalue weighted by Crippen LogP contribution is -2.44. The van der Waals surface area contributed by atoms with Gasteiger partial charge in [-0.25, -0.2) is 18.7 Å². The number of rotatable bonds is 8. The van der Waals surface area contributed by atoms with Crippen molar-refractivity contribution in [3.63, 3.8) is 0 Å². The molecular formula is C52H52F2N6O4. The second-order valence-corrected chi connectivity index (χ2v) is 17.1. The first-order chi connectivity index (χ1) is 31.1. The molecule has 0 unspecified atom stereocenters. The fourth-order valence-corrected chi connectivity index (χ4v) is 9.74. The summed E-state index contributed by atoms with van der Waals surface area (Å²) in [5.74, 6) is 1.23. The van der Waals surface area contributed by atoms with Gasteiger partial charge in [-0.3, -0.25) is 9.59 Å². The third-order valence-corrected chi connectivity index (χ3v) is 12.9. The van der Waals surface area contributed by atoms with Crippen molar-refractivity contribution in [1.29, 1.82) is 0 Å². The number of nitrogens with zero attached hydrogens (tertiary/aromatic N) is 6. The number of methoxy groups -OCH3 is 2. The van der Waals surface area contributed by atoms with Gasteiger partial charge in [0.2, 0.25) is 11.8 Å². The summed E-state index contributed by atoms with van der Waals surface area (Å²) in [4.78, 5) is 39.1. The van der Waals surface area contributed by atoms with E-state index in [1.165, 1.54) is 12.1 Å². The van der Waals surface area contributed by atoms with Gasteiger partial charge < -0.3 is 28.4 Å². The summed E-state index contributed by atoms with van der Waals surface area (Å²) in [6.45, 7) is 5.33. The predicted octanol–water partition coefficient (Wildman–Crippen LogP) is 9.00. The SMILES string of the molecule is COc1cc(/C=C2\CCCN([C@@H]3Cc4cccc(F)c4C3)C2=O)ccc1-n1cnc(C)c1.COc1cc(/C=C2\CCCN([C@H]3Cc4cccc(F)c4C3)C2=O)ccc1-n1cnc(C)c1. The standard InChI is InChI=1S/2C26H26FN3O2/c2*1-17-15-29(16-28-17)24-9-8-18(12-25(24)32-2)11-20-6-4-10-30(26(20)31)21-13-19-5-3-7-23(27)22(19)14-21/h2*3,5,7-9,11-12,15-16,21H,4,6,10,13-14H2,1-2H3/b2*20-11+/t2*21-/m10/s1. The minimum Gasteiger partial charge on any atom is -0.495 e. The second kappa shape index (κ2) is 18.1. The fourth-order valence-electron chi connectivity index (χ4n) is 9.74. The van der Waals surface area contributed by atoms with Gasteiger partial charge in [-0.2, -0.15) is 0 Å². The molecule has 4 aromatic carbocycles. The Morgan fingerprint density at radius 3 is 1.42 bits per heavy atom. The largest absolute Gasteiger partial charge is 0.495 e. The van der Waals surface area contributed by atoms with E-state index >= 15 is 0 Å². The van der Waals surface area contributed by atoms with Gasteiger partial charge in [0.25, 0.3) is 0 Å². The molecule has 2 atom stereocenters. The quantitative estimate of drug-likeness (QED) is 0.142. The normalized spacial score (nSPS) is 19.5. The molecule has 2 amide bonds. The van der Waals surface area contributed by atoms with Crippen LogP contribution in [0.25, 0.3) is 23.5 Å². The van der Waals surface area contributed by atoms with Gasteiger partial charge in [0.05, 0.1) is 49.6 Å². The van der Waals surface area contributed by atoms with Crippen LogP contribution in [-0.2, 0) is 35.3 Å². The van der Waals surface area contributed by atoms with E-state index in [4.69, 9.17) is 9.47 Å². The highest BCUT2D eigenvalue weighted by molar-refractivity contribution is 5.99. The average molecular weight is 863 g/mol. The number of aryl methyl sites for hydroxylation is 2. The summed E-state index contributed by atoms with van der Waals surface area (Å²) in [6, 6.07) is 22.4. The summed E-state index contributed by atoms with van der Waals surface area (Å²) < 4.78 is 43.4. The van der Waals surface area contributed by atoms with Crippen LogP contribution in [0.15, 0.2) is 109 Å². The molecule has 0 spiro atoms. The Morgan fingerprint density at radius 1 is 0.609 bits per heavy atom. The molecule has 2 saturated heterocycles. The Hall–Kier alpha value is -6.82. The van der Waals surface area contributed by atoms with Gasteiger partial charge in [-0.1, -0.05) is 36.4 Å². The van der Waals surface area contributed by atoms with E-state index in [1.54, 1.807) is 39.0 Å². The number of ether oxygens (including phenoxy) is 2. The van der Waals surface area contributed by atoms with Crippen LogP contribution >= 0.6 is 0 Å². The van der Waals surface area contributed by atoms with Crippen LogP contribution in [0.4, 0.5) is 8.78 Å². The maximum atomic E-state index is 14.2. The highest BCUT2D eigenvalue weighted by atomic mass is 19.1. The van der Waals surface area contributed by atoms with E-state index in [2.05, 4.69) is 9.97 Å². The molecule has 0 bridgehead atoms. The number of carbonyl (C=O) groups is 2. The van der Waals surface area contributed by atoms with Crippen LogP contribution < -0.4 is 9.47 Å². The number of aromatic nitrogens is 4. The van der Waals surface area contributed by atoms with E-state index in [0.717, 1.165) is 130 Å². The molecule has 2 aromatic heterocycles. The number of amides is 2. The number of likely N-dealkylation sites (tertiary alicyclic amines) is 2. The summed E-state index contributed by atoms with van der Waals surface area (Å²) in [5.41, 5.74) is 10.7. The van der Waals surface area contributed by atoms with Gasteiger partial charge in [-0.15, -0.1) is 0 Å². The van der Waals surface area contributed by atoms with Crippen LogP contribution in [0.2, 0.25) is 0 Å². The predicted molar refractivity (Wildman–Crippen MR) is 243 cm³/mol. The molecule has 0 saturated carbocycles. The Morgan fingerprint density at radius 2 is 1.05 bits per heavy atom. The zero-order chi connectivity index (χ0) is 44.5. The first-order valence-electron chi connectivity index (χ1n) is 22.0. The molecule has 12 heteroatoms. The molecule has 10 nitrogen and oxygen atoms in total. The van der Waals surface area contributed by atoms with Crippen molar-refractivity contribution in [2.24, 2.45) is 0 Å². The highest BCUT2D eigenvalue weighted by Gasteiger charge is 2.36. The van der Waals surface area contributed by atoms with Gasteiger partial charge in [0.15, 0.2) is 0 Å². The van der Waals surface area contributed by atoms with Crippen molar-refractivity contribution in [3.8, 4) is 22.9 Å². The molecule has 0 N–H and O–H groups in total. The Balaban J connectivity index is 0.000000162. The van der Waals surface area contributed by atoms with E-state index < -0.39 is 0 Å². The Bertz CT molecular complexity index is 2620. The summed E-state index contributed by atoms with van der Waals surface area (Å²) in [5, 5.41) is 0. The van der Waals surface area contributed by atoms with Crippen molar-refractivity contribution >= 4 is 24.0 Å². The molecule has 4 heterocycles. The number of hydrogen-bond donors (Lipinski definition) is 0. The molecule has 2 fully saturated rings. The number of hydrogen-bond acceptors (Lipinski definition) is 6. The zero-order valence-electron chi connectivity index (χ0n) is 36.7. The second-order valence-electron chi connectivity index (χ2n) is 17.1. The molecule has 64 heavy (non-hydrogen) atoms. The minimum absolute atomic E-state index is 0.0273. The summed E-state index contributed by atoms with van der Waals surface area (Å²) in [6.07, 6.45) is 17.3. The van der Waals surface area contributed by atoms with Gasteiger partial charge in [-0.05, 0) is 147 Å². The van der Waals surface area contributed by atoms with Crippen molar-refractivity contribution in [1.82, 2.24) is 28.9 Å². The summed E-state index contributed by atoms with van der Waals surface area (Å²) in [7, 11) is 3.29. The van der Waals surface area contributed by atoms with Gasteiger partial charge in [0.1, 0.15) is 23.1 Å². The number of imidazole rings is 2. The summed E-state index contributed by atoms with van der Waals surface area (Å²) >= 11 is 0. The molecule has 4 aliphatic rings. The molecule has 328 valence electrons. The van der Waals surface area contributed by atoms with Crippen LogP contribution in [0.1, 0.15) is 70.5 Å². The molecule has 2 aliphatic heterocycles. The van der Waals surface area contributed by atoms with Crippen LogP contribution in [0, 0.1) is 25.5 Å². The smallest absolute Gasteiger partial charge is 0.250 e. The third kappa shape index (κ3) is 8.61. The van der Waals surface area contributed by atoms with Crippen molar-refractivity contribution < 1.29 is 27.8 Å². The van der Waals surface area contributed by atoms with Crippen LogP contribution in [0.3, 0.4) is 0 Å². The van der Waals surface area contributed by atoms with E-state index in [-0.39, 0.29) is 35.5 Å². The lowest BCUT2D eigenvalue weighted by molar-refractivity contribution is -0.131. The number of halogens is 2. The Labute approximate surface area is 372 Å². The molecule has 0 radical (unpaired) electrons. The Kier molecular flexibility index (Phi) is 12.0. The van der Waals surface area contributed by atoms with Crippen LogP contribution in [0.5, 0.6) is 11.5 Å². The lowest BCUT2D eigenvalue weighted by atomic mass is 9.98.